The SMILES string of the molecule is O=C(NCc1cccc2ccccc12)/C(=C\c1ccc(O)cc1)NC(=O)c1ccccc1. The van der Waals surface area contributed by atoms with Crippen molar-refractivity contribution in [1.29, 1.82) is 0 Å². The number of phenols is 1. The van der Waals surface area contributed by atoms with Crippen LogP contribution in [0.1, 0.15) is 21.5 Å². The van der Waals surface area contributed by atoms with Crippen LogP contribution in [0.3, 0.4) is 0 Å². The Hall–Kier alpha value is -4.38. The van der Waals surface area contributed by atoms with Gasteiger partial charge >= 0.3 is 0 Å². The van der Waals surface area contributed by atoms with E-state index in [1.54, 1.807) is 42.5 Å². The Bertz CT molecular complexity index is 1270. The molecule has 32 heavy (non-hydrogen) atoms. The number of phenolic OH excluding ortho intramolecular Hbond substituents is 1. The lowest BCUT2D eigenvalue weighted by Gasteiger charge is -2.12. The molecule has 0 atom stereocenters. The summed E-state index contributed by atoms with van der Waals surface area (Å²) in [5, 5.41) is 17.3. The fourth-order valence-electron chi connectivity index (χ4n) is 3.40. The zero-order valence-electron chi connectivity index (χ0n) is 17.3. The molecule has 4 rings (SSSR count). The monoisotopic (exact) mass is 422 g/mol. The molecule has 0 saturated carbocycles. The minimum absolute atomic E-state index is 0.116. The van der Waals surface area contributed by atoms with Crippen LogP contribution in [0, 0.1) is 0 Å². The van der Waals surface area contributed by atoms with E-state index in [1.165, 1.54) is 12.1 Å². The number of carbonyl (C=O) groups excluding carboxylic acids is 2. The second kappa shape index (κ2) is 9.62. The minimum Gasteiger partial charge on any atom is -0.508 e. The van der Waals surface area contributed by atoms with Crippen LogP contribution < -0.4 is 10.6 Å². The first-order valence-corrected chi connectivity index (χ1v) is 10.2. The first kappa shape index (κ1) is 20.9. The average Bonchev–Trinajstić information content (AvgIpc) is 2.84. The van der Waals surface area contributed by atoms with Crippen LogP contribution in [0.25, 0.3) is 16.8 Å². The van der Waals surface area contributed by atoms with Gasteiger partial charge in [0.1, 0.15) is 11.4 Å². The summed E-state index contributed by atoms with van der Waals surface area (Å²) in [6, 6.07) is 29.0. The number of benzene rings is 4. The van der Waals surface area contributed by atoms with Crippen molar-refractivity contribution in [3.63, 3.8) is 0 Å². The lowest BCUT2D eigenvalue weighted by molar-refractivity contribution is -0.117. The van der Waals surface area contributed by atoms with E-state index in [4.69, 9.17) is 0 Å². The molecule has 0 fully saturated rings. The van der Waals surface area contributed by atoms with Gasteiger partial charge in [-0.2, -0.15) is 0 Å². The summed E-state index contributed by atoms with van der Waals surface area (Å²) in [5.74, 6) is -0.663. The summed E-state index contributed by atoms with van der Waals surface area (Å²) in [5.41, 5.74) is 2.22. The normalized spacial score (nSPS) is 11.2. The highest BCUT2D eigenvalue weighted by atomic mass is 16.3. The van der Waals surface area contributed by atoms with E-state index < -0.39 is 5.91 Å². The predicted molar refractivity (Wildman–Crippen MR) is 126 cm³/mol. The van der Waals surface area contributed by atoms with Gasteiger partial charge in [-0.15, -0.1) is 0 Å². The molecule has 0 aliphatic carbocycles. The highest BCUT2D eigenvalue weighted by Gasteiger charge is 2.15. The highest BCUT2D eigenvalue weighted by molar-refractivity contribution is 6.05. The molecule has 0 unspecified atom stereocenters. The van der Waals surface area contributed by atoms with Gasteiger partial charge in [-0.1, -0.05) is 72.8 Å². The van der Waals surface area contributed by atoms with E-state index in [0.29, 0.717) is 17.7 Å². The van der Waals surface area contributed by atoms with Crippen molar-refractivity contribution in [3.8, 4) is 5.75 Å². The molecular formula is C27H22N2O3. The predicted octanol–water partition coefficient (Wildman–Crippen LogP) is 4.63. The van der Waals surface area contributed by atoms with Gasteiger partial charge in [-0.3, -0.25) is 9.59 Å². The second-order valence-corrected chi connectivity index (χ2v) is 7.29. The van der Waals surface area contributed by atoms with Crippen LogP contribution in [0.15, 0.2) is 103 Å². The Balaban J connectivity index is 1.57. The number of aromatic hydroxyl groups is 1. The Morgan fingerprint density at radius 1 is 0.781 bits per heavy atom. The molecule has 2 amide bonds. The van der Waals surface area contributed by atoms with Crippen molar-refractivity contribution >= 4 is 28.7 Å². The fraction of sp³-hybridized carbons (Fsp3) is 0.0370. The second-order valence-electron chi connectivity index (χ2n) is 7.29. The summed E-state index contributed by atoms with van der Waals surface area (Å²) in [4.78, 5) is 25.7. The fourth-order valence-corrected chi connectivity index (χ4v) is 3.40. The van der Waals surface area contributed by atoms with Crippen molar-refractivity contribution in [2.75, 3.05) is 0 Å². The van der Waals surface area contributed by atoms with Gasteiger partial charge in [0.15, 0.2) is 0 Å². The first-order chi connectivity index (χ1) is 15.6. The molecule has 158 valence electrons. The quantitative estimate of drug-likeness (QED) is 0.396. The summed E-state index contributed by atoms with van der Waals surface area (Å²) in [7, 11) is 0. The number of hydrogen-bond acceptors (Lipinski definition) is 3. The molecule has 0 bridgehead atoms. The number of fused-ring (bicyclic) bond motifs is 1. The minimum atomic E-state index is -0.407. The Kier molecular flexibility index (Phi) is 6.28. The summed E-state index contributed by atoms with van der Waals surface area (Å²) >= 11 is 0. The molecule has 3 N–H and O–H groups in total. The van der Waals surface area contributed by atoms with Crippen LogP contribution in [0.4, 0.5) is 0 Å². The van der Waals surface area contributed by atoms with Crippen molar-refractivity contribution < 1.29 is 14.7 Å². The van der Waals surface area contributed by atoms with E-state index in [2.05, 4.69) is 10.6 Å². The van der Waals surface area contributed by atoms with Gasteiger partial charge in [0.25, 0.3) is 11.8 Å². The van der Waals surface area contributed by atoms with Crippen LogP contribution in [-0.4, -0.2) is 16.9 Å². The van der Waals surface area contributed by atoms with Gasteiger partial charge in [-0.25, -0.2) is 0 Å². The van der Waals surface area contributed by atoms with Crippen molar-refractivity contribution in [2.24, 2.45) is 0 Å². The Morgan fingerprint density at radius 3 is 2.25 bits per heavy atom. The molecular weight excluding hydrogens is 400 g/mol. The third-order valence-corrected chi connectivity index (χ3v) is 5.05. The molecule has 0 aliphatic rings. The Morgan fingerprint density at radius 2 is 1.47 bits per heavy atom. The summed E-state index contributed by atoms with van der Waals surface area (Å²) in [6.07, 6.45) is 1.58. The number of carbonyl (C=O) groups is 2. The molecule has 0 aromatic heterocycles. The van der Waals surface area contributed by atoms with E-state index >= 15 is 0 Å². The maximum absolute atomic E-state index is 13.0. The number of hydrogen-bond donors (Lipinski definition) is 3. The van der Waals surface area contributed by atoms with Gasteiger partial charge in [0.05, 0.1) is 0 Å². The number of amides is 2. The van der Waals surface area contributed by atoms with Crippen molar-refractivity contribution in [3.05, 3.63) is 119 Å². The van der Waals surface area contributed by atoms with Crippen LogP contribution in [0.2, 0.25) is 0 Å². The smallest absolute Gasteiger partial charge is 0.268 e. The maximum atomic E-state index is 13.0. The van der Waals surface area contributed by atoms with Gasteiger partial charge < -0.3 is 15.7 Å². The molecule has 0 heterocycles. The molecule has 0 spiro atoms. The van der Waals surface area contributed by atoms with Crippen LogP contribution in [-0.2, 0) is 11.3 Å². The number of nitrogens with one attached hydrogen (secondary N) is 2. The standard InChI is InChI=1S/C27H22N2O3/c30-23-15-13-19(14-16-23)17-25(29-26(31)21-8-2-1-3-9-21)27(32)28-18-22-11-6-10-20-7-4-5-12-24(20)22/h1-17,30H,18H2,(H,28,32)(H,29,31)/b25-17+. The molecule has 0 aliphatic heterocycles. The molecule has 0 radical (unpaired) electrons. The highest BCUT2D eigenvalue weighted by Crippen LogP contribution is 2.18. The zero-order valence-corrected chi connectivity index (χ0v) is 17.3. The van der Waals surface area contributed by atoms with Crippen LogP contribution in [0.5, 0.6) is 5.75 Å². The number of rotatable bonds is 6. The topological polar surface area (TPSA) is 78.4 Å². The summed E-state index contributed by atoms with van der Waals surface area (Å²) < 4.78 is 0. The van der Waals surface area contributed by atoms with Gasteiger partial charge in [-0.05, 0) is 52.2 Å². The summed E-state index contributed by atoms with van der Waals surface area (Å²) in [6.45, 7) is 0.314. The lowest BCUT2D eigenvalue weighted by Crippen LogP contribution is -2.34. The molecule has 4 aromatic rings. The van der Waals surface area contributed by atoms with Crippen molar-refractivity contribution in [2.45, 2.75) is 6.54 Å². The molecule has 5 heteroatoms. The van der Waals surface area contributed by atoms with E-state index in [0.717, 1.165) is 16.3 Å². The van der Waals surface area contributed by atoms with Gasteiger partial charge in [0, 0.05) is 12.1 Å². The van der Waals surface area contributed by atoms with E-state index in [-0.39, 0.29) is 17.4 Å². The third kappa shape index (κ3) is 5.02. The maximum Gasteiger partial charge on any atom is 0.268 e. The molecule has 0 saturated heterocycles. The first-order valence-electron chi connectivity index (χ1n) is 10.2. The van der Waals surface area contributed by atoms with Crippen molar-refractivity contribution in [1.82, 2.24) is 10.6 Å². The molecule has 5 nitrogen and oxygen atoms in total. The van der Waals surface area contributed by atoms with E-state index in [9.17, 15) is 14.7 Å². The van der Waals surface area contributed by atoms with Gasteiger partial charge in [0.2, 0.25) is 0 Å². The lowest BCUT2D eigenvalue weighted by atomic mass is 10.0. The average molecular weight is 422 g/mol. The zero-order chi connectivity index (χ0) is 22.3. The molecule has 4 aromatic carbocycles. The van der Waals surface area contributed by atoms with Crippen LogP contribution >= 0.6 is 0 Å². The Labute approximate surface area is 186 Å². The third-order valence-electron chi connectivity index (χ3n) is 5.05. The van der Waals surface area contributed by atoms with E-state index in [1.807, 2.05) is 48.5 Å². The largest absolute Gasteiger partial charge is 0.508 e.